The normalized spacial score (nSPS) is 22.4. The van der Waals surface area contributed by atoms with E-state index in [0.29, 0.717) is 6.04 Å². The quantitative estimate of drug-likeness (QED) is 0.654. The van der Waals surface area contributed by atoms with Crippen molar-refractivity contribution >= 4 is 6.03 Å². The minimum absolute atomic E-state index is 0.105. The Kier molecular flexibility index (Phi) is 3.75. The lowest BCUT2D eigenvalue weighted by molar-refractivity contribution is 0.164. The van der Waals surface area contributed by atoms with Crippen molar-refractivity contribution in [3.8, 4) is 0 Å². The van der Waals surface area contributed by atoms with Crippen LogP contribution in [0.15, 0.2) is 0 Å². The summed E-state index contributed by atoms with van der Waals surface area (Å²) in [5.41, 5.74) is 0. The summed E-state index contributed by atoms with van der Waals surface area (Å²) in [5.74, 6) is 0. The van der Waals surface area contributed by atoms with Crippen LogP contribution in [0.4, 0.5) is 4.79 Å². The molecule has 2 amide bonds. The second-order valence-corrected chi connectivity index (χ2v) is 4.12. The summed E-state index contributed by atoms with van der Waals surface area (Å²) in [4.78, 5) is 17.5. The van der Waals surface area contributed by atoms with Crippen molar-refractivity contribution in [3.63, 3.8) is 0 Å². The molecule has 0 N–H and O–H groups in total. The van der Waals surface area contributed by atoms with Crippen molar-refractivity contribution in [2.24, 2.45) is 0 Å². The Morgan fingerprint density at radius 3 is 2.50 bits per heavy atom. The first-order valence-electron chi connectivity index (χ1n) is 5.22. The van der Waals surface area contributed by atoms with Gasteiger partial charge in [0, 0.05) is 40.3 Å². The number of amides is 2. The van der Waals surface area contributed by atoms with Crippen LogP contribution in [0.5, 0.6) is 0 Å². The van der Waals surface area contributed by atoms with Gasteiger partial charge in [0.2, 0.25) is 0 Å². The van der Waals surface area contributed by atoms with Crippen molar-refractivity contribution in [1.82, 2.24) is 14.7 Å². The molecular weight excluding hydrogens is 178 g/mol. The molecule has 1 aliphatic rings. The van der Waals surface area contributed by atoms with Crippen LogP contribution in [0.25, 0.3) is 0 Å². The summed E-state index contributed by atoms with van der Waals surface area (Å²) in [6.07, 6.45) is 1.10. The van der Waals surface area contributed by atoms with Gasteiger partial charge in [-0.3, -0.25) is 0 Å². The molecule has 82 valence electrons. The Hall–Kier alpha value is -0.770. The molecule has 0 aromatic rings. The Morgan fingerprint density at radius 1 is 1.43 bits per heavy atom. The van der Waals surface area contributed by atoms with E-state index >= 15 is 0 Å². The summed E-state index contributed by atoms with van der Waals surface area (Å²) in [7, 11) is 5.49. The first-order valence-corrected chi connectivity index (χ1v) is 5.22. The number of hydrogen-bond acceptors (Lipinski definition) is 2. The van der Waals surface area contributed by atoms with Crippen molar-refractivity contribution < 1.29 is 4.79 Å². The summed E-state index contributed by atoms with van der Waals surface area (Å²) < 4.78 is 0. The highest BCUT2D eigenvalue weighted by Gasteiger charge is 2.27. The van der Waals surface area contributed by atoms with Crippen LogP contribution in [-0.2, 0) is 0 Å². The summed E-state index contributed by atoms with van der Waals surface area (Å²) in [6.45, 7) is 5.38. The summed E-state index contributed by atoms with van der Waals surface area (Å²) >= 11 is 0. The maximum atomic E-state index is 11.7. The fourth-order valence-corrected chi connectivity index (χ4v) is 1.89. The predicted octanol–water partition coefficient (Wildman–Crippen LogP) is 0.694. The van der Waals surface area contributed by atoms with Crippen LogP contribution in [0.1, 0.15) is 13.3 Å². The second-order valence-electron chi connectivity index (χ2n) is 4.12. The Bertz CT molecular complexity index is 206. The average molecular weight is 199 g/mol. The molecule has 1 aliphatic heterocycles. The van der Waals surface area contributed by atoms with Crippen molar-refractivity contribution in [2.45, 2.75) is 19.4 Å². The molecule has 1 atom stereocenters. The molecule has 1 heterocycles. The van der Waals surface area contributed by atoms with Crippen LogP contribution in [0, 0.1) is 0 Å². The van der Waals surface area contributed by atoms with Gasteiger partial charge in [-0.1, -0.05) is 6.92 Å². The zero-order chi connectivity index (χ0) is 10.7. The minimum atomic E-state index is 0.105. The molecule has 4 heteroatoms. The van der Waals surface area contributed by atoms with Crippen LogP contribution in [-0.4, -0.2) is 67.5 Å². The second kappa shape index (κ2) is 4.64. The van der Waals surface area contributed by atoms with E-state index in [-0.39, 0.29) is 6.03 Å². The monoisotopic (exact) mass is 199 g/mol. The number of rotatable bonds is 2. The van der Waals surface area contributed by atoms with Gasteiger partial charge in [0.15, 0.2) is 0 Å². The largest absolute Gasteiger partial charge is 0.331 e. The van der Waals surface area contributed by atoms with Gasteiger partial charge >= 0.3 is 6.03 Å². The molecule has 0 radical (unpaired) electrons. The molecule has 0 saturated carbocycles. The molecule has 1 fully saturated rings. The molecule has 0 aromatic heterocycles. The number of likely N-dealkylation sites (N-methyl/N-ethyl adjacent to an activating group) is 2. The Labute approximate surface area is 86.5 Å². The van der Waals surface area contributed by atoms with Crippen molar-refractivity contribution in [1.29, 1.82) is 0 Å². The predicted molar refractivity (Wildman–Crippen MR) is 57.4 cm³/mol. The van der Waals surface area contributed by atoms with E-state index in [2.05, 4.69) is 11.8 Å². The van der Waals surface area contributed by atoms with E-state index in [1.807, 2.05) is 11.9 Å². The van der Waals surface area contributed by atoms with Gasteiger partial charge in [-0.15, -0.1) is 0 Å². The standard InChI is InChI=1S/C10H21N3O/c1-5-13-7-6-9(8-13)12(4)10(14)11(2)3/h9H,5-8H2,1-4H3. The van der Waals surface area contributed by atoms with Gasteiger partial charge in [0.05, 0.1) is 0 Å². The van der Waals surface area contributed by atoms with Crippen LogP contribution < -0.4 is 0 Å². The molecule has 14 heavy (non-hydrogen) atoms. The van der Waals surface area contributed by atoms with Crippen LogP contribution in [0.2, 0.25) is 0 Å². The third kappa shape index (κ3) is 2.38. The lowest BCUT2D eigenvalue weighted by Gasteiger charge is -2.27. The average Bonchev–Trinajstić information content (AvgIpc) is 2.63. The zero-order valence-corrected chi connectivity index (χ0v) is 9.66. The molecule has 0 bridgehead atoms. The number of hydrogen-bond donors (Lipinski definition) is 0. The maximum Gasteiger partial charge on any atom is 0.319 e. The highest BCUT2D eigenvalue weighted by atomic mass is 16.2. The van der Waals surface area contributed by atoms with E-state index in [1.54, 1.807) is 19.0 Å². The molecule has 0 aromatic carbocycles. The molecular formula is C10H21N3O. The van der Waals surface area contributed by atoms with Crippen LogP contribution >= 0.6 is 0 Å². The van der Waals surface area contributed by atoms with Crippen LogP contribution in [0.3, 0.4) is 0 Å². The number of likely N-dealkylation sites (tertiary alicyclic amines) is 1. The van der Waals surface area contributed by atoms with Gasteiger partial charge in [-0.05, 0) is 13.0 Å². The molecule has 0 aliphatic carbocycles. The van der Waals surface area contributed by atoms with E-state index in [4.69, 9.17) is 0 Å². The summed E-state index contributed by atoms with van der Waals surface area (Å²) in [6, 6.07) is 0.498. The molecule has 0 spiro atoms. The maximum absolute atomic E-state index is 11.7. The van der Waals surface area contributed by atoms with E-state index < -0.39 is 0 Å². The van der Waals surface area contributed by atoms with Gasteiger partial charge in [0.25, 0.3) is 0 Å². The lowest BCUT2D eigenvalue weighted by Crippen LogP contribution is -2.44. The molecule has 1 unspecified atom stereocenters. The number of urea groups is 1. The molecule has 1 rings (SSSR count). The van der Waals surface area contributed by atoms with Crippen molar-refractivity contribution in [3.05, 3.63) is 0 Å². The highest BCUT2D eigenvalue weighted by Crippen LogP contribution is 2.14. The van der Waals surface area contributed by atoms with Gasteiger partial charge in [0.1, 0.15) is 0 Å². The van der Waals surface area contributed by atoms with Gasteiger partial charge in [-0.2, -0.15) is 0 Å². The number of carbonyl (C=O) groups is 1. The third-order valence-corrected chi connectivity index (χ3v) is 2.93. The SMILES string of the molecule is CCN1CCC(N(C)C(=O)N(C)C)C1. The smallest absolute Gasteiger partial charge is 0.319 e. The van der Waals surface area contributed by atoms with E-state index in [0.717, 1.165) is 26.1 Å². The topological polar surface area (TPSA) is 26.8 Å². The third-order valence-electron chi connectivity index (χ3n) is 2.93. The van der Waals surface area contributed by atoms with E-state index in [9.17, 15) is 4.79 Å². The molecule has 1 saturated heterocycles. The zero-order valence-electron chi connectivity index (χ0n) is 9.66. The minimum Gasteiger partial charge on any atom is -0.331 e. The van der Waals surface area contributed by atoms with Gasteiger partial charge < -0.3 is 14.7 Å². The Balaban J connectivity index is 2.46. The lowest BCUT2D eigenvalue weighted by atomic mass is 10.2. The number of nitrogens with zero attached hydrogens (tertiary/aromatic N) is 3. The fourth-order valence-electron chi connectivity index (χ4n) is 1.89. The number of carbonyl (C=O) groups excluding carboxylic acids is 1. The molecule has 4 nitrogen and oxygen atoms in total. The van der Waals surface area contributed by atoms with Crippen molar-refractivity contribution in [2.75, 3.05) is 40.8 Å². The Morgan fingerprint density at radius 2 is 2.07 bits per heavy atom. The van der Waals surface area contributed by atoms with E-state index in [1.165, 1.54) is 0 Å². The first-order chi connectivity index (χ1) is 6.56. The summed E-state index contributed by atoms with van der Waals surface area (Å²) in [5, 5.41) is 0. The van der Waals surface area contributed by atoms with Gasteiger partial charge in [-0.25, -0.2) is 4.79 Å². The fraction of sp³-hybridized carbons (Fsp3) is 0.900. The first kappa shape index (κ1) is 11.3. The highest BCUT2D eigenvalue weighted by molar-refractivity contribution is 5.73.